The highest BCUT2D eigenvalue weighted by Gasteiger charge is 2.10. The fourth-order valence-corrected chi connectivity index (χ4v) is 2.52. The van der Waals surface area contributed by atoms with E-state index in [2.05, 4.69) is 0 Å². The maximum absolute atomic E-state index is 11.7. The highest BCUT2D eigenvalue weighted by Crippen LogP contribution is 2.21. The smallest absolute Gasteiger partial charge is 0.457 e. The first-order chi connectivity index (χ1) is 11.8. The standard InChI is InChI=1S/C19H14O5/c20-19(21-11-15-9-13-5-1-3-7-17(13)23-15)22-12-16-10-14-6-2-4-8-18(14)24-16/h1-10H,11-12H2. The summed E-state index contributed by atoms with van der Waals surface area (Å²) in [7, 11) is 0. The number of carbonyl (C=O) groups excluding carboxylic acids is 1. The molecule has 5 nitrogen and oxygen atoms in total. The highest BCUT2D eigenvalue weighted by atomic mass is 16.7. The van der Waals surface area contributed by atoms with Gasteiger partial charge in [0.05, 0.1) is 0 Å². The fourth-order valence-electron chi connectivity index (χ4n) is 2.52. The molecule has 5 heteroatoms. The quantitative estimate of drug-likeness (QED) is 0.493. The van der Waals surface area contributed by atoms with Crippen molar-refractivity contribution in [1.29, 1.82) is 0 Å². The molecule has 2 aromatic heterocycles. The first kappa shape index (κ1) is 14.4. The summed E-state index contributed by atoms with van der Waals surface area (Å²) in [4.78, 5) is 11.7. The van der Waals surface area contributed by atoms with Gasteiger partial charge in [-0.3, -0.25) is 0 Å². The van der Waals surface area contributed by atoms with Crippen molar-refractivity contribution in [3.8, 4) is 0 Å². The van der Waals surface area contributed by atoms with Crippen molar-refractivity contribution in [1.82, 2.24) is 0 Å². The summed E-state index contributed by atoms with van der Waals surface area (Å²) in [6, 6.07) is 18.9. The molecule has 0 radical (unpaired) electrons. The summed E-state index contributed by atoms with van der Waals surface area (Å²) < 4.78 is 21.3. The van der Waals surface area contributed by atoms with Gasteiger partial charge in [0.1, 0.15) is 22.7 Å². The first-order valence-corrected chi connectivity index (χ1v) is 7.52. The molecule has 0 unspecified atom stereocenters. The lowest BCUT2D eigenvalue weighted by atomic mass is 10.2. The molecule has 0 saturated heterocycles. The zero-order chi connectivity index (χ0) is 16.4. The lowest BCUT2D eigenvalue weighted by Gasteiger charge is -2.03. The van der Waals surface area contributed by atoms with E-state index >= 15 is 0 Å². The van der Waals surface area contributed by atoms with E-state index in [1.165, 1.54) is 0 Å². The van der Waals surface area contributed by atoms with Crippen LogP contribution in [0.3, 0.4) is 0 Å². The van der Waals surface area contributed by atoms with E-state index in [0.717, 1.165) is 21.9 Å². The Morgan fingerprint density at radius 2 is 1.21 bits per heavy atom. The Bertz CT molecular complexity index is 849. The third-order valence-electron chi connectivity index (χ3n) is 3.62. The Morgan fingerprint density at radius 1 is 0.750 bits per heavy atom. The van der Waals surface area contributed by atoms with E-state index in [-0.39, 0.29) is 13.2 Å². The number of para-hydroxylation sites is 2. The molecule has 0 aliphatic heterocycles. The molecule has 0 aliphatic carbocycles. The SMILES string of the molecule is O=C(OCc1cc2ccccc2o1)OCc1cc2ccccc2o1. The van der Waals surface area contributed by atoms with Crippen LogP contribution in [0.1, 0.15) is 11.5 Å². The number of hydrogen-bond donors (Lipinski definition) is 0. The number of benzene rings is 2. The van der Waals surface area contributed by atoms with E-state index in [1.807, 2.05) is 60.7 Å². The Hall–Kier alpha value is -3.21. The van der Waals surface area contributed by atoms with Crippen molar-refractivity contribution >= 4 is 28.1 Å². The Balaban J connectivity index is 1.33. The Labute approximate surface area is 137 Å². The average Bonchev–Trinajstić information content (AvgIpc) is 3.21. The van der Waals surface area contributed by atoms with Crippen LogP contribution >= 0.6 is 0 Å². The van der Waals surface area contributed by atoms with Crippen LogP contribution in [-0.4, -0.2) is 6.16 Å². The maximum atomic E-state index is 11.7. The van der Waals surface area contributed by atoms with Gasteiger partial charge in [-0.05, 0) is 24.3 Å². The van der Waals surface area contributed by atoms with Crippen molar-refractivity contribution in [2.24, 2.45) is 0 Å². The van der Waals surface area contributed by atoms with Crippen LogP contribution in [0.2, 0.25) is 0 Å². The van der Waals surface area contributed by atoms with Crippen LogP contribution in [0.4, 0.5) is 4.79 Å². The summed E-state index contributed by atoms with van der Waals surface area (Å²) in [5.41, 5.74) is 1.51. The molecule has 0 amide bonds. The zero-order valence-corrected chi connectivity index (χ0v) is 12.7. The minimum Gasteiger partial charge on any atom is -0.457 e. The number of carbonyl (C=O) groups is 1. The minimum absolute atomic E-state index is 0.0215. The van der Waals surface area contributed by atoms with Crippen LogP contribution < -0.4 is 0 Å². The highest BCUT2D eigenvalue weighted by molar-refractivity contribution is 5.78. The second-order valence-electron chi connectivity index (χ2n) is 5.33. The van der Waals surface area contributed by atoms with Gasteiger partial charge in [-0.25, -0.2) is 4.79 Å². The molecule has 0 fully saturated rings. The van der Waals surface area contributed by atoms with Gasteiger partial charge in [-0.1, -0.05) is 36.4 Å². The van der Waals surface area contributed by atoms with Crippen LogP contribution in [0, 0.1) is 0 Å². The lowest BCUT2D eigenvalue weighted by Crippen LogP contribution is -2.06. The fraction of sp³-hybridized carbons (Fsp3) is 0.105. The molecule has 0 N–H and O–H groups in total. The lowest BCUT2D eigenvalue weighted by molar-refractivity contribution is 0.0368. The zero-order valence-electron chi connectivity index (χ0n) is 12.7. The second-order valence-corrected chi connectivity index (χ2v) is 5.33. The largest absolute Gasteiger partial charge is 0.509 e. The van der Waals surface area contributed by atoms with Crippen LogP contribution in [0.5, 0.6) is 0 Å². The topological polar surface area (TPSA) is 61.8 Å². The molecule has 2 aromatic carbocycles. The van der Waals surface area contributed by atoms with Gasteiger partial charge >= 0.3 is 6.16 Å². The number of furan rings is 2. The summed E-state index contributed by atoms with van der Waals surface area (Å²) in [5.74, 6) is 1.13. The average molecular weight is 322 g/mol. The molecule has 4 rings (SSSR count). The molecule has 0 bridgehead atoms. The van der Waals surface area contributed by atoms with Gasteiger partial charge in [0.2, 0.25) is 0 Å². The van der Waals surface area contributed by atoms with E-state index in [1.54, 1.807) is 0 Å². The molecular formula is C19H14O5. The maximum Gasteiger partial charge on any atom is 0.509 e. The van der Waals surface area contributed by atoms with E-state index in [0.29, 0.717) is 11.5 Å². The number of rotatable bonds is 4. The summed E-state index contributed by atoms with van der Waals surface area (Å²) >= 11 is 0. The monoisotopic (exact) mass is 322 g/mol. The molecule has 0 saturated carbocycles. The van der Waals surface area contributed by atoms with Crippen molar-refractivity contribution in [2.75, 3.05) is 0 Å². The van der Waals surface area contributed by atoms with Crippen molar-refractivity contribution in [2.45, 2.75) is 13.2 Å². The normalized spacial score (nSPS) is 11.0. The Kier molecular flexibility index (Phi) is 3.67. The predicted octanol–water partition coefficient (Wildman–Crippen LogP) is 5.03. The summed E-state index contributed by atoms with van der Waals surface area (Å²) in [6.07, 6.45) is -0.768. The van der Waals surface area contributed by atoms with Crippen molar-refractivity contribution < 1.29 is 23.1 Å². The van der Waals surface area contributed by atoms with Gasteiger partial charge < -0.3 is 18.3 Å². The van der Waals surface area contributed by atoms with E-state index < -0.39 is 6.16 Å². The number of hydrogen-bond acceptors (Lipinski definition) is 5. The van der Waals surface area contributed by atoms with Crippen molar-refractivity contribution in [3.63, 3.8) is 0 Å². The summed E-state index contributed by atoms with van der Waals surface area (Å²) in [5, 5.41) is 1.93. The molecule has 4 aromatic rings. The van der Waals surface area contributed by atoms with E-state index in [4.69, 9.17) is 18.3 Å². The van der Waals surface area contributed by atoms with Gasteiger partial charge in [-0.2, -0.15) is 0 Å². The molecule has 2 heterocycles. The van der Waals surface area contributed by atoms with Crippen LogP contribution in [0.25, 0.3) is 21.9 Å². The van der Waals surface area contributed by atoms with Gasteiger partial charge in [0.15, 0.2) is 13.2 Å². The molecular weight excluding hydrogens is 308 g/mol. The molecule has 0 atom stereocenters. The second kappa shape index (κ2) is 6.12. The molecule has 0 aliphatic rings. The molecule has 24 heavy (non-hydrogen) atoms. The molecule has 0 spiro atoms. The van der Waals surface area contributed by atoms with Gasteiger partial charge in [-0.15, -0.1) is 0 Å². The molecule has 120 valence electrons. The van der Waals surface area contributed by atoms with Gasteiger partial charge in [0, 0.05) is 10.8 Å². The third kappa shape index (κ3) is 2.96. The van der Waals surface area contributed by atoms with Crippen LogP contribution in [-0.2, 0) is 22.7 Å². The van der Waals surface area contributed by atoms with Crippen LogP contribution in [0.15, 0.2) is 69.5 Å². The van der Waals surface area contributed by atoms with E-state index in [9.17, 15) is 4.79 Å². The predicted molar refractivity (Wildman–Crippen MR) is 87.4 cm³/mol. The minimum atomic E-state index is -0.768. The number of ether oxygens (including phenoxy) is 2. The Morgan fingerprint density at radius 3 is 1.67 bits per heavy atom. The number of fused-ring (bicyclic) bond motifs is 2. The van der Waals surface area contributed by atoms with Crippen molar-refractivity contribution in [3.05, 3.63) is 72.2 Å². The first-order valence-electron chi connectivity index (χ1n) is 7.52. The van der Waals surface area contributed by atoms with Gasteiger partial charge in [0.25, 0.3) is 0 Å². The third-order valence-corrected chi connectivity index (χ3v) is 3.62. The summed E-state index contributed by atoms with van der Waals surface area (Å²) in [6.45, 7) is 0.0429.